The first-order chi connectivity index (χ1) is 14.9. The second kappa shape index (κ2) is 9.27. The van der Waals surface area contributed by atoms with Crippen molar-refractivity contribution >= 4 is 12.0 Å². The molecule has 1 aliphatic rings. The second-order valence-electron chi connectivity index (χ2n) is 8.41. The van der Waals surface area contributed by atoms with Crippen molar-refractivity contribution in [1.29, 1.82) is 0 Å². The highest BCUT2D eigenvalue weighted by Crippen LogP contribution is 2.29. The van der Waals surface area contributed by atoms with Crippen LogP contribution in [-0.4, -0.2) is 51.8 Å². The van der Waals surface area contributed by atoms with Crippen molar-refractivity contribution in [2.45, 2.75) is 51.3 Å². The summed E-state index contributed by atoms with van der Waals surface area (Å²) in [5.74, 6) is -0.432. The van der Waals surface area contributed by atoms with Crippen molar-refractivity contribution in [2.75, 3.05) is 18.4 Å². The molecule has 1 aromatic heterocycles. The lowest BCUT2D eigenvalue weighted by Gasteiger charge is -2.24. The maximum Gasteiger partial charge on any atom is 0.416 e. The fourth-order valence-electron chi connectivity index (χ4n) is 3.10. The number of hydrogen-bond donors (Lipinski definition) is 1. The molecule has 3 rings (SSSR count). The topological polar surface area (TPSA) is 76.6 Å². The third-order valence-corrected chi connectivity index (χ3v) is 4.60. The standard InChI is InChI=1S/C21H24F4N4O3/c1-20(2,3)32-19(30)29-10-16(28-18-26-8-15(22)9-27-18)17(11-29)31-12-13-4-6-14(7-5-13)21(23,24)25/h4-9,16-17H,10-12H2,1-3H3,(H,26,27,28)/t16-,17-/m1/s1. The summed E-state index contributed by atoms with van der Waals surface area (Å²) in [5, 5.41) is 3.02. The Morgan fingerprint density at radius 3 is 2.31 bits per heavy atom. The van der Waals surface area contributed by atoms with Gasteiger partial charge in [-0.2, -0.15) is 13.2 Å². The van der Waals surface area contributed by atoms with Gasteiger partial charge >= 0.3 is 12.3 Å². The van der Waals surface area contributed by atoms with Crippen molar-refractivity contribution in [3.8, 4) is 0 Å². The zero-order valence-corrected chi connectivity index (χ0v) is 17.8. The molecule has 1 aliphatic heterocycles. The summed E-state index contributed by atoms with van der Waals surface area (Å²) in [6.07, 6.45) is -3.45. The van der Waals surface area contributed by atoms with Crippen LogP contribution in [0, 0.1) is 5.82 Å². The zero-order valence-electron chi connectivity index (χ0n) is 17.8. The maximum absolute atomic E-state index is 13.1. The van der Waals surface area contributed by atoms with E-state index in [-0.39, 0.29) is 25.6 Å². The van der Waals surface area contributed by atoms with Gasteiger partial charge in [-0.3, -0.25) is 0 Å². The minimum Gasteiger partial charge on any atom is -0.444 e. The highest BCUT2D eigenvalue weighted by Gasteiger charge is 2.38. The Labute approximate surface area is 182 Å². The summed E-state index contributed by atoms with van der Waals surface area (Å²) in [5.41, 5.74) is -0.879. The first-order valence-electron chi connectivity index (χ1n) is 9.90. The monoisotopic (exact) mass is 456 g/mol. The molecule has 0 unspecified atom stereocenters. The van der Waals surface area contributed by atoms with Gasteiger partial charge in [-0.05, 0) is 38.5 Å². The number of ether oxygens (including phenoxy) is 2. The number of nitrogens with one attached hydrogen (secondary N) is 1. The van der Waals surface area contributed by atoms with Crippen LogP contribution in [0.1, 0.15) is 31.9 Å². The molecule has 2 aromatic rings. The lowest BCUT2D eigenvalue weighted by Crippen LogP contribution is -2.36. The molecule has 7 nitrogen and oxygen atoms in total. The molecule has 1 saturated heterocycles. The van der Waals surface area contributed by atoms with Gasteiger partial charge in [0.25, 0.3) is 0 Å². The van der Waals surface area contributed by atoms with Gasteiger partial charge in [0.1, 0.15) is 5.60 Å². The second-order valence-corrected chi connectivity index (χ2v) is 8.41. The van der Waals surface area contributed by atoms with Gasteiger partial charge in [-0.25, -0.2) is 19.2 Å². The number of anilines is 1. The molecule has 1 aromatic carbocycles. The first kappa shape index (κ1) is 23.7. The Hall–Kier alpha value is -2.95. The number of rotatable bonds is 5. The summed E-state index contributed by atoms with van der Waals surface area (Å²) in [4.78, 5) is 21.7. The Morgan fingerprint density at radius 2 is 1.75 bits per heavy atom. The quantitative estimate of drug-likeness (QED) is 0.678. The number of nitrogens with zero attached hydrogens (tertiary/aromatic N) is 3. The third kappa shape index (κ3) is 6.52. The molecule has 0 saturated carbocycles. The Balaban J connectivity index is 1.69. The third-order valence-electron chi connectivity index (χ3n) is 4.60. The van der Waals surface area contributed by atoms with E-state index in [1.807, 2.05) is 0 Å². The van der Waals surface area contributed by atoms with E-state index in [0.717, 1.165) is 24.5 Å². The first-order valence-corrected chi connectivity index (χ1v) is 9.90. The summed E-state index contributed by atoms with van der Waals surface area (Å²) in [7, 11) is 0. The van der Waals surface area contributed by atoms with E-state index in [0.29, 0.717) is 5.56 Å². The molecule has 0 bridgehead atoms. The zero-order chi connectivity index (χ0) is 23.5. The van der Waals surface area contributed by atoms with Crippen LogP contribution >= 0.6 is 0 Å². The van der Waals surface area contributed by atoms with Crippen molar-refractivity contribution < 1.29 is 31.8 Å². The predicted octanol–water partition coefficient (Wildman–Crippen LogP) is 4.25. The number of benzene rings is 1. The van der Waals surface area contributed by atoms with E-state index in [4.69, 9.17) is 9.47 Å². The molecule has 11 heteroatoms. The minimum atomic E-state index is -4.41. The normalized spacial score (nSPS) is 19.2. The number of hydrogen-bond acceptors (Lipinski definition) is 6. The number of likely N-dealkylation sites (tertiary alicyclic amines) is 1. The Kier molecular flexibility index (Phi) is 6.87. The molecule has 0 radical (unpaired) electrons. The molecule has 1 N–H and O–H groups in total. The van der Waals surface area contributed by atoms with Crippen molar-refractivity contribution in [3.63, 3.8) is 0 Å². The molecule has 2 atom stereocenters. The predicted molar refractivity (Wildman–Crippen MR) is 107 cm³/mol. The maximum atomic E-state index is 13.1. The van der Waals surface area contributed by atoms with Crippen molar-refractivity contribution in [2.24, 2.45) is 0 Å². The van der Waals surface area contributed by atoms with Gasteiger partial charge in [-0.1, -0.05) is 12.1 Å². The van der Waals surface area contributed by atoms with Gasteiger partial charge in [0, 0.05) is 6.54 Å². The van der Waals surface area contributed by atoms with Gasteiger partial charge < -0.3 is 19.7 Å². The average Bonchev–Trinajstić information content (AvgIpc) is 3.09. The molecule has 0 aliphatic carbocycles. The van der Waals surface area contributed by atoms with E-state index in [1.54, 1.807) is 20.8 Å². The smallest absolute Gasteiger partial charge is 0.416 e. The van der Waals surface area contributed by atoms with Crippen LogP contribution in [0.25, 0.3) is 0 Å². The highest BCUT2D eigenvalue weighted by atomic mass is 19.4. The number of aromatic nitrogens is 2. The van der Waals surface area contributed by atoms with Crippen molar-refractivity contribution in [3.05, 3.63) is 53.6 Å². The lowest BCUT2D eigenvalue weighted by atomic mass is 10.1. The van der Waals surface area contributed by atoms with E-state index in [1.165, 1.54) is 17.0 Å². The number of amides is 1. The summed E-state index contributed by atoms with van der Waals surface area (Å²) >= 11 is 0. The summed E-state index contributed by atoms with van der Waals surface area (Å²) in [6, 6.07) is 4.22. The molecule has 2 heterocycles. The molecule has 1 amide bonds. The van der Waals surface area contributed by atoms with Crippen LogP contribution in [0.3, 0.4) is 0 Å². The molecule has 174 valence electrons. The largest absolute Gasteiger partial charge is 0.444 e. The SMILES string of the molecule is CC(C)(C)OC(=O)N1C[C@@H](Nc2ncc(F)cn2)[C@H](OCc2ccc(C(F)(F)F)cc2)C1. The number of carbonyl (C=O) groups is 1. The fraction of sp³-hybridized carbons (Fsp3) is 0.476. The van der Waals surface area contributed by atoms with Gasteiger partial charge in [-0.15, -0.1) is 0 Å². The molecular weight excluding hydrogens is 432 g/mol. The van der Waals surface area contributed by atoms with Crippen LogP contribution in [-0.2, 0) is 22.3 Å². The van der Waals surface area contributed by atoms with E-state index in [9.17, 15) is 22.4 Å². The van der Waals surface area contributed by atoms with E-state index < -0.39 is 41.4 Å². The average molecular weight is 456 g/mol. The Morgan fingerprint density at radius 1 is 1.12 bits per heavy atom. The van der Waals surface area contributed by atoms with Gasteiger partial charge in [0.15, 0.2) is 5.82 Å². The lowest BCUT2D eigenvalue weighted by molar-refractivity contribution is -0.137. The van der Waals surface area contributed by atoms with Gasteiger partial charge in [0.2, 0.25) is 5.95 Å². The number of halogens is 4. The van der Waals surface area contributed by atoms with Gasteiger partial charge in [0.05, 0.1) is 43.3 Å². The van der Waals surface area contributed by atoms with Crippen LogP contribution < -0.4 is 5.32 Å². The van der Waals surface area contributed by atoms with Crippen LogP contribution in [0.15, 0.2) is 36.7 Å². The molecule has 0 spiro atoms. The molecular formula is C21H24F4N4O3. The van der Waals surface area contributed by atoms with Crippen LogP contribution in [0.2, 0.25) is 0 Å². The van der Waals surface area contributed by atoms with E-state index >= 15 is 0 Å². The summed E-state index contributed by atoms with van der Waals surface area (Å²) in [6.45, 7) is 5.69. The fourth-order valence-corrected chi connectivity index (χ4v) is 3.10. The number of carbonyl (C=O) groups excluding carboxylic acids is 1. The summed E-state index contributed by atoms with van der Waals surface area (Å²) < 4.78 is 62.7. The Bertz CT molecular complexity index is 915. The number of alkyl halides is 3. The van der Waals surface area contributed by atoms with E-state index in [2.05, 4.69) is 15.3 Å². The minimum absolute atomic E-state index is 0.0351. The van der Waals surface area contributed by atoms with Crippen LogP contribution in [0.5, 0.6) is 0 Å². The van der Waals surface area contributed by atoms with Crippen LogP contribution in [0.4, 0.5) is 28.3 Å². The van der Waals surface area contributed by atoms with Crippen molar-refractivity contribution in [1.82, 2.24) is 14.9 Å². The highest BCUT2D eigenvalue weighted by molar-refractivity contribution is 5.69. The molecule has 32 heavy (non-hydrogen) atoms. The molecule has 1 fully saturated rings.